The molecule has 0 aliphatic rings. The zero-order chi connectivity index (χ0) is 13.5. The maximum absolute atomic E-state index is 9.66. The van der Waals surface area contributed by atoms with Gasteiger partial charge in [-0.1, -0.05) is 36.2 Å². The smallest absolute Gasteiger partial charge is 0.0664 e. The Morgan fingerprint density at radius 2 is 2.00 bits per heavy atom. The molecule has 1 aromatic carbocycles. The van der Waals surface area contributed by atoms with E-state index in [0.29, 0.717) is 36.1 Å². The quantitative estimate of drug-likeness (QED) is 0.811. The molecule has 0 aliphatic carbocycles. The largest absolute Gasteiger partial charge is 0.395 e. The molecule has 0 bridgehead atoms. The Labute approximate surface area is 118 Å². The minimum absolute atomic E-state index is 0.0672. The lowest BCUT2D eigenvalue weighted by atomic mass is 10.2. The highest BCUT2D eigenvalue weighted by molar-refractivity contribution is 6.42. The van der Waals surface area contributed by atoms with E-state index in [9.17, 15) is 5.11 Å². The molecule has 2 N–H and O–H groups in total. The van der Waals surface area contributed by atoms with E-state index >= 15 is 0 Å². The molecule has 0 heterocycles. The standard InChI is InChI=1S/C13H19Cl2NO2/c1-2-11(18)9-16(5-6-17)8-10-3-4-12(14)13(15)7-10/h3-4,7,11,17-18H,2,5-6,8-9H2,1H3/t11-/m1/s1. The summed E-state index contributed by atoms with van der Waals surface area (Å²) in [5.41, 5.74) is 1.01. The van der Waals surface area contributed by atoms with Crippen molar-refractivity contribution in [1.82, 2.24) is 4.90 Å². The van der Waals surface area contributed by atoms with E-state index in [-0.39, 0.29) is 12.7 Å². The Morgan fingerprint density at radius 3 is 2.56 bits per heavy atom. The summed E-state index contributed by atoms with van der Waals surface area (Å²) in [4.78, 5) is 1.99. The highest BCUT2D eigenvalue weighted by Gasteiger charge is 2.11. The average Bonchev–Trinajstić information content (AvgIpc) is 2.34. The van der Waals surface area contributed by atoms with Gasteiger partial charge < -0.3 is 10.2 Å². The fourth-order valence-electron chi connectivity index (χ4n) is 1.70. The predicted molar refractivity (Wildman–Crippen MR) is 75.1 cm³/mol. The summed E-state index contributed by atoms with van der Waals surface area (Å²) >= 11 is 11.8. The van der Waals surface area contributed by atoms with Crippen molar-refractivity contribution in [3.63, 3.8) is 0 Å². The molecule has 0 amide bonds. The van der Waals surface area contributed by atoms with Crippen LogP contribution in [0.4, 0.5) is 0 Å². The van der Waals surface area contributed by atoms with Gasteiger partial charge in [-0.15, -0.1) is 0 Å². The van der Waals surface area contributed by atoms with Gasteiger partial charge in [-0.05, 0) is 24.1 Å². The molecule has 0 saturated heterocycles. The number of nitrogens with zero attached hydrogens (tertiary/aromatic N) is 1. The van der Waals surface area contributed by atoms with Gasteiger partial charge in [0.25, 0.3) is 0 Å². The van der Waals surface area contributed by atoms with Crippen molar-refractivity contribution in [3.05, 3.63) is 33.8 Å². The summed E-state index contributed by atoms with van der Waals surface area (Å²) in [5.74, 6) is 0. The van der Waals surface area contributed by atoms with Crippen LogP contribution in [-0.2, 0) is 6.54 Å². The van der Waals surface area contributed by atoms with E-state index in [2.05, 4.69) is 0 Å². The van der Waals surface area contributed by atoms with Crippen LogP contribution in [0.1, 0.15) is 18.9 Å². The first-order valence-corrected chi connectivity index (χ1v) is 6.77. The first-order valence-electron chi connectivity index (χ1n) is 6.02. The van der Waals surface area contributed by atoms with Crippen molar-refractivity contribution in [3.8, 4) is 0 Å². The summed E-state index contributed by atoms with van der Waals surface area (Å²) in [6.45, 7) is 3.70. The number of halogens is 2. The molecular formula is C13H19Cl2NO2. The Kier molecular flexibility index (Phi) is 6.97. The van der Waals surface area contributed by atoms with Crippen molar-refractivity contribution < 1.29 is 10.2 Å². The monoisotopic (exact) mass is 291 g/mol. The number of hydrogen-bond donors (Lipinski definition) is 2. The predicted octanol–water partition coefficient (Wildman–Crippen LogP) is 2.56. The number of aliphatic hydroxyl groups is 2. The second-order valence-corrected chi connectivity index (χ2v) is 5.08. The number of rotatable bonds is 7. The van der Waals surface area contributed by atoms with E-state index in [0.717, 1.165) is 5.56 Å². The van der Waals surface area contributed by atoms with Crippen LogP contribution >= 0.6 is 23.2 Å². The second kappa shape index (κ2) is 7.97. The highest BCUT2D eigenvalue weighted by atomic mass is 35.5. The summed E-state index contributed by atoms with van der Waals surface area (Å²) < 4.78 is 0. The number of hydrogen-bond acceptors (Lipinski definition) is 3. The molecule has 0 spiro atoms. The van der Waals surface area contributed by atoms with Crippen LogP contribution in [0.5, 0.6) is 0 Å². The average molecular weight is 292 g/mol. The summed E-state index contributed by atoms with van der Waals surface area (Å²) in [6.07, 6.45) is 0.322. The van der Waals surface area contributed by atoms with E-state index in [4.69, 9.17) is 28.3 Å². The fraction of sp³-hybridized carbons (Fsp3) is 0.538. The van der Waals surface area contributed by atoms with Gasteiger partial charge in [0, 0.05) is 19.6 Å². The zero-order valence-corrected chi connectivity index (χ0v) is 12.0. The fourth-order valence-corrected chi connectivity index (χ4v) is 2.02. The van der Waals surface area contributed by atoms with Gasteiger partial charge in [-0.25, -0.2) is 0 Å². The second-order valence-electron chi connectivity index (χ2n) is 4.27. The normalized spacial score (nSPS) is 13.0. The third-order valence-electron chi connectivity index (χ3n) is 2.75. The Hall–Kier alpha value is -0.320. The molecule has 5 heteroatoms. The van der Waals surface area contributed by atoms with Gasteiger partial charge >= 0.3 is 0 Å². The molecule has 0 aliphatic heterocycles. The molecule has 0 aromatic heterocycles. The van der Waals surface area contributed by atoms with Gasteiger partial charge in [-0.2, -0.15) is 0 Å². The van der Waals surface area contributed by atoms with Crippen molar-refractivity contribution in [2.75, 3.05) is 19.7 Å². The molecule has 3 nitrogen and oxygen atoms in total. The topological polar surface area (TPSA) is 43.7 Å². The van der Waals surface area contributed by atoms with Crippen LogP contribution in [0, 0.1) is 0 Å². The lowest BCUT2D eigenvalue weighted by Gasteiger charge is -2.24. The Bertz CT molecular complexity index is 374. The molecule has 1 atom stereocenters. The maximum atomic E-state index is 9.66. The van der Waals surface area contributed by atoms with Gasteiger partial charge in [0.05, 0.1) is 22.8 Å². The summed E-state index contributed by atoms with van der Waals surface area (Å²) in [5, 5.41) is 19.7. The van der Waals surface area contributed by atoms with E-state index in [1.165, 1.54) is 0 Å². The Balaban J connectivity index is 2.66. The van der Waals surface area contributed by atoms with Crippen molar-refractivity contribution in [2.45, 2.75) is 26.0 Å². The summed E-state index contributed by atoms with van der Waals surface area (Å²) in [6, 6.07) is 5.47. The van der Waals surface area contributed by atoms with Crippen LogP contribution in [0.2, 0.25) is 10.0 Å². The van der Waals surface area contributed by atoms with Crippen molar-refractivity contribution in [2.24, 2.45) is 0 Å². The van der Waals surface area contributed by atoms with E-state index < -0.39 is 0 Å². The third kappa shape index (κ3) is 5.12. The first kappa shape index (κ1) is 15.7. The lowest BCUT2D eigenvalue weighted by Crippen LogP contribution is -2.33. The maximum Gasteiger partial charge on any atom is 0.0664 e. The molecule has 1 rings (SSSR count). The van der Waals surface area contributed by atoms with Gasteiger partial charge in [0.2, 0.25) is 0 Å². The minimum Gasteiger partial charge on any atom is -0.395 e. The Morgan fingerprint density at radius 1 is 1.28 bits per heavy atom. The van der Waals surface area contributed by atoms with Crippen LogP contribution in [0.15, 0.2) is 18.2 Å². The minimum atomic E-state index is -0.376. The summed E-state index contributed by atoms with van der Waals surface area (Å²) in [7, 11) is 0. The van der Waals surface area contributed by atoms with E-state index in [1.54, 1.807) is 6.07 Å². The zero-order valence-electron chi connectivity index (χ0n) is 10.4. The number of benzene rings is 1. The van der Waals surface area contributed by atoms with Crippen LogP contribution in [0.3, 0.4) is 0 Å². The van der Waals surface area contributed by atoms with Crippen LogP contribution < -0.4 is 0 Å². The molecule has 0 radical (unpaired) electrons. The molecular weight excluding hydrogens is 273 g/mol. The van der Waals surface area contributed by atoms with Crippen LogP contribution in [0.25, 0.3) is 0 Å². The SMILES string of the molecule is CC[C@@H](O)CN(CCO)Cc1ccc(Cl)c(Cl)c1. The van der Waals surface area contributed by atoms with Crippen molar-refractivity contribution in [1.29, 1.82) is 0 Å². The van der Waals surface area contributed by atoms with Gasteiger partial charge in [0.15, 0.2) is 0 Å². The van der Waals surface area contributed by atoms with Gasteiger partial charge in [0.1, 0.15) is 0 Å². The first-order chi connectivity index (χ1) is 8.56. The molecule has 102 valence electrons. The van der Waals surface area contributed by atoms with Crippen molar-refractivity contribution >= 4 is 23.2 Å². The lowest BCUT2D eigenvalue weighted by molar-refractivity contribution is 0.0930. The third-order valence-corrected chi connectivity index (χ3v) is 3.49. The molecule has 18 heavy (non-hydrogen) atoms. The van der Waals surface area contributed by atoms with E-state index in [1.807, 2.05) is 24.0 Å². The highest BCUT2D eigenvalue weighted by Crippen LogP contribution is 2.23. The van der Waals surface area contributed by atoms with Crippen LogP contribution in [-0.4, -0.2) is 40.9 Å². The van der Waals surface area contributed by atoms with Gasteiger partial charge in [-0.3, -0.25) is 4.90 Å². The molecule has 1 aromatic rings. The molecule has 0 fully saturated rings. The molecule has 0 unspecified atom stereocenters. The number of aliphatic hydroxyl groups excluding tert-OH is 2. The molecule has 0 saturated carbocycles.